The number of imidazole rings is 1. The third-order valence-corrected chi connectivity index (χ3v) is 9.62. The molecule has 5 aromatic carbocycles. The van der Waals surface area contributed by atoms with E-state index in [2.05, 4.69) is 122 Å². The first-order valence-corrected chi connectivity index (χ1v) is 15.6. The molecule has 0 saturated carbocycles. The molecule has 9 rings (SSSR count). The van der Waals surface area contributed by atoms with E-state index in [1.165, 1.54) is 33.4 Å². The summed E-state index contributed by atoms with van der Waals surface area (Å²) in [7, 11) is 0. The van der Waals surface area contributed by atoms with Gasteiger partial charge in [-0.2, -0.15) is 5.26 Å². The molecule has 0 aliphatic heterocycles. The van der Waals surface area contributed by atoms with Crippen molar-refractivity contribution in [2.45, 2.75) is 19.3 Å². The fourth-order valence-corrected chi connectivity index (χ4v) is 7.25. The fourth-order valence-electron chi connectivity index (χ4n) is 7.25. The number of fused-ring (bicyclic) bond motifs is 8. The van der Waals surface area contributed by atoms with E-state index in [1.54, 1.807) is 0 Å². The van der Waals surface area contributed by atoms with Gasteiger partial charge in [0.1, 0.15) is 11.2 Å². The molecule has 0 spiro atoms. The van der Waals surface area contributed by atoms with Crippen LogP contribution in [-0.2, 0) is 5.41 Å². The lowest BCUT2D eigenvalue weighted by Crippen LogP contribution is -2.15. The molecule has 0 atom stereocenters. The molecule has 46 heavy (non-hydrogen) atoms. The summed E-state index contributed by atoms with van der Waals surface area (Å²) in [6, 6.07) is 46.9. The standard InChI is InChI=1S/C42H28N4/c1-42(2)35-21-26(25-43)14-17-32(35)33-18-15-31(24-36(33)42)29-12-8-11-28(22-29)30-16-19-37-34(23-30)40-41(46-20-7-6-13-38(46)45-40)39(44-37)27-9-4-3-5-10-27/h3-24H,1-2H3. The minimum Gasteiger partial charge on any atom is -0.298 e. The van der Waals surface area contributed by atoms with Gasteiger partial charge < -0.3 is 0 Å². The van der Waals surface area contributed by atoms with Gasteiger partial charge in [-0.15, -0.1) is 0 Å². The average molecular weight is 589 g/mol. The van der Waals surface area contributed by atoms with Crippen LogP contribution >= 0.6 is 0 Å². The molecular formula is C42H28N4. The second kappa shape index (κ2) is 9.72. The molecular weight excluding hydrogens is 560 g/mol. The highest BCUT2D eigenvalue weighted by atomic mass is 15.0. The number of benzene rings is 5. The second-order valence-electron chi connectivity index (χ2n) is 12.6. The van der Waals surface area contributed by atoms with Gasteiger partial charge in [-0.05, 0) is 93.0 Å². The van der Waals surface area contributed by atoms with Crippen molar-refractivity contribution in [2.24, 2.45) is 0 Å². The molecule has 4 nitrogen and oxygen atoms in total. The highest BCUT2D eigenvalue weighted by molar-refractivity contribution is 6.10. The number of rotatable bonds is 3. The molecule has 0 unspecified atom stereocenters. The molecule has 8 aromatic rings. The molecule has 0 bridgehead atoms. The lowest BCUT2D eigenvalue weighted by Gasteiger charge is -2.22. The van der Waals surface area contributed by atoms with E-state index in [9.17, 15) is 5.26 Å². The number of pyridine rings is 2. The van der Waals surface area contributed by atoms with Gasteiger partial charge in [0.25, 0.3) is 0 Å². The van der Waals surface area contributed by atoms with Crippen molar-refractivity contribution in [3.63, 3.8) is 0 Å². The summed E-state index contributed by atoms with van der Waals surface area (Å²) in [6.07, 6.45) is 2.07. The van der Waals surface area contributed by atoms with E-state index in [-0.39, 0.29) is 5.41 Å². The van der Waals surface area contributed by atoms with Crippen molar-refractivity contribution in [3.05, 3.63) is 150 Å². The first-order chi connectivity index (χ1) is 22.5. The Morgan fingerprint density at radius 3 is 2.09 bits per heavy atom. The molecule has 0 radical (unpaired) electrons. The quantitative estimate of drug-likeness (QED) is 0.206. The van der Waals surface area contributed by atoms with Gasteiger partial charge in [0.05, 0.1) is 28.4 Å². The Balaban J connectivity index is 1.17. The third-order valence-electron chi connectivity index (χ3n) is 9.62. The highest BCUT2D eigenvalue weighted by Gasteiger charge is 2.35. The zero-order valence-corrected chi connectivity index (χ0v) is 25.5. The summed E-state index contributed by atoms with van der Waals surface area (Å²) in [6.45, 7) is 4.51. The highest BCUT2D eigenvalue weighted by Crippen LogP contribution is 2.50. The number of nitrogens with zero attached hydrogens (tertiary/aromatic N) is 4. The largest absolute Gasteiger partial charge is 0.298 e. The predicted octanol–water partition coefficient (Wildman–Crippen LogP) is 10.2. The van der Waals surface area contributed by atoms with Crippen LogP contribution in [0.2, 0.25) is 0 Å². The molecule has 3 aromatic heterocycles. The molecule has 0 fully saturated rings. The normalized spacial score (nSPS) is 13.2. The maximum atomic E-state index is 9.51. The van der Waals surface area contributed by atoms with Gasteiger partial charge in [-0.25, -0.2) is 9.97 Å². The van der Waals surface area contributed by atoms with Crippen molar-refractivity contribution in [2.75, 3.05) is 0 Å². The predicted molar refractivity (Wildman–Crippen MR) is 187 cm³/mol. The fraction of sp³-hybridized carbons (Fsp3) is 0.0714. The second-order valence-corrected chi connectivity index (χ2v) is 12.6. The van der Waals surface area contributed by atoms with Gasteiger partial charge in [0, 0.05) is 22.6 Å². The van der Waals surface area contributed by atoms with Crippen LogP contribution in [0.3, 0.4) is 0 Å². The third kappa shape index (κ3) is 3.85. The van der Waals surface area contributed by atoms with E-state index in [4.69, 9.17) is 9.97 Å². The summed E-state index contributed by atoms with van der Waals surface area (Å²) >= 11 is 0. The summed E-state index contributed by atoms with van der Waals surface area (Å²) in [5.41, 5.74) is 15.9. The van der Waals surface area contributed by atoms with Crippen LogP contribution in [0.5, 0.6) is 0 Å². The Labute approximate surface area is 266 Å². The summed E-state index contributed by atoms with van der Waals surface area (Å²) in [4.78, 5) is 10.3. The Morgan fingerprint density at radius 2 is 1.28 bits per heavy atom. The lowest BCUT2D eigenvalue weighted by atomic mass is 9.81. The Bertz CT molecular complexity index is 2570. The monoisotopic (exact) mass is 588 g/mol. The first kappa shape index (κ1) is 26.4. The van der Waals surface area contributed by atoms with Crippen LogP contribution in [0.25, 0.3) is 72.2 Å². The van der Waals surface area contributed by atoms with E-state index in [0.717, 1.165) is 50.0 Å². The van der Waals surface area contributed by atoms with E-state index >= 15 is 0 Å². The Kier molecular flexibility index (Phi) is 5.57. The minimum absolute atomic E-state index is 0.186. The first-order valence-electron chi connectivity index (χ1n) is 15.6. The van der Waals surface area contributed by atoms with Crippen LogP contribution in [0.1, 0.15) is 30.5 Å². The topological polar surface area (TPSA) is 54.0 Å². The molecule has 0 amide bonds. The lowest BCUT2D eigenvalue weighted by molar-refractivity contribution is 0.660. The van der Waals surface area contributed by atoms with Gasteiger partial charge in [0.15, 0.2) is 0 Å². The molecule has 3 heterocycles. The number of hydrogen-bond acceptors (Lipinski definition) is 3. The van der Waals surface area contributed by atoms with Crippen LogP contribution in [0.4, 0.5) is 0 Å². The van der Waals surface area contributed by atoms with Crippen LogP contribution in [0.15, 0.2) is 134 Å². The molecule has 216 valence electrons. The van der Waals surface area contributed by atoms with Crippen molar-refractivity contribution in [1.29, 1.82) is 5.26 Å². The summed E-state index contributed by atoms with van der Waals surface area (Å²) < 4.78 is 2.14. The Hall–Kier alpha value is -6.05. The summed E-state index contributed by atoms with van der Waals surface area (Å²) in [5.74, 6) is 0. The molecule has 1 aliphatic carbocycles. The molecule has 4 heteroatoms. The molecule has 0 N–H and O–H groups in total. The van der Waals surface area contributed by atoms with Gasteiger partial charge >= 0.3 is 0 Å². The van der Waals surface area contributed by atoms with Crippen LogP contribution in [-0.4, -0.2) is 14.4 Å². The van der Waals surface area contributed by atoms with Crippen molar-refractivity contribution in [1.82, 2.24) is 14.4 Å². The van der Waals surface area contributed by atoms with E-state index < -0.39 is 0 Å². The maximum Gasteiger partial charge on any atom is 0.137 e. The molecule has 1 aliphatic rings. The number of nitriles is 1. The average Bonchev–Trinajstić information content (AvgIpc) is 3.61. The SMILES string of the molecule is CC1(C)c2cc(C#N)ccc2-c2ccc(-c3cccc(-c4ccc5nc(-c6ccccc6)c6c(nc7ccccn76)c5c4)c3)cc21. The van der Waals surface area contributed by atoms with Crippen molar-refractivity contribution >= 4 is 27.6 Å². The van der Waals surface area contributed by atoms with Gasteiger partial charge in [-0.1, -0.05) is 92.7 Å². The van der Waals surface area contributed by atoms with E-state index in [0.29, 0.717) is 5.56 Å². The number of aromatic nitrogens is 3. The maximum absolute atomic E-state index is 9.51. The van der Waals surface area contributed by atoms with Gasteiger partial charge in [0.2, 0.25) is 0 Å². The molecule has 0 saturated heterocycles. The smallest absolute Gasteiger partial charge is 0.137 e. The van der Waals surface area contributed by atoms with Crippen molar-refractivity contribution < 1.29 is 0 Å². The van der Waals surface area contributed by atoms with Gasteiger partial charge in [-0.3, -0.25) is 4.40 Å². The minimum atomic E-state index is -0.186. The summed E-state index contributed by atoms with van der Waals surface area (Å²) in [5, 5.41) is 10.6. The van der Waals surface area contributed by atoms with Crippen LogP contribution < -0.4 is 0 Å². The van der Waals surface area contributed by atoms with E-state index in [1.807, 2.05) is 36.4 Å². The van der Waals surface area contributed by atoms with Crippen molar-refractivity contribution in [3.8, 4) is 50.7 Å². The zero-order valence-electron chi connectivity index (χ0n) is 25.5. The Morgan fingerprint density at radius 1 is 0.609 bits per heavy atom. The van der Waals surface area contributed by atoms with Crippen LogP contribution in [0, 0.1) is 11.3 Å². The zero-order chi connectivity index (χ0) is 31.0. The number of hydrogen-bond donors (Lipinski definition) is 0.